The summed E-state index contributed by atoms with van der Waals surface area (Å²) >= 11 is 0. The van der Waals surface area contributed by atoms with Gasteiger partial charge in [0.1, 0.15) is 11.2 Å². The van der Waals surface area contributed by atoms with Crippen molar-refractivity contribution in [2.45, 2.75) is 37.9 Å². The van der Waals surface area contributed by atoms with Gasteiger partial charge in [0, 0.05) is 0 Å². The van der Waals surface area contributed by atoms with Crippen molar-refractivity contribution in [3.05, 3.63) is 55.3 Å². The first-order valence-electron chi connectivity index (χ1n) is 5.76. The van der Waals surface area contributed by atoms with Crippen molar-refractivity contribution in [1.29, 1.82) is 0 Å². The molecule has 1 aliphatic rings. The van der Waals surface area contributed by atoms with Crippen LogP contribution in [0.3, 0.4) is 0 Å². The molecule has 0 fully saturated rings. The first-order valence-corrected chi connectivity index (χ1v) is 5.76. The van der Waals surface area contributed by atoms with Crippen molar-refractivity contribution >= 4 is 0 Å². The second-order valence-corrected chi connectivity index (χ2v) is 3.97. The van der Waals surface area contributed by atoms with E-state index < -0.39 is 11.2 Å². The molecule has 21 heavy (non-hydrogen) atoms. The van der Waals surface area contributed by atoms with E-state index in [9.17, 15) is 10.2 Å². The van der Waals surface area contributed by atoms with Crippen LogP contribution in [0.15, 0.2) is 24.3 Å². The molecule has 1 aromatic carbocycles. The zero-order valence-corrected chi connectivity index (χ0v) is 13.0. The zero-order chi connectivity index (χ0) is 16.4. The SMILES string of the molecule is CCC1(O)c2ccccc2C1(O)CC.[C-]#[O+].[C-]#[O+].[C-]#[O+].[Cr+6]. The van der Waals surface area contributed by atoms with Gasteiger partial charge < -0.3 is 10.2 Å². The fourth-order valence-electron chi connectivity index (χ4n) is 2.55. The first kappa shape index (κ1) is 24.9. The van der Waals surface area contributed by atoms with Crippen molar-refractivity contribution in [1.82, 2.24) is 0 Å². The Balaban J connectivity index is -0.000000414. The van der Waals surface area contributed by atoms with E-state index in [1.54, 1.807) is 0 Å². The second-order valence-electron chi connectivity index (χ2n) is 3.97. The Bertz CT molecular complexity index is 433. The van der Waals surface area contributed by atoms with Crippen LogP contribution in [0.5, 0.6) is 0 Å². The van der Waals surface area contributed by atoms with E-state index in [0.717, 1.165) is 11.1 Å². The Labute approximate surface area is 135 Å². The number of aliphatic hydroxyl groups is 2. The van der Waals surface area contributed by atoms with E-state index in [0.29, 0.717) is 12.8 Å². The summed E-state index contributed by atoms with van der Waals surface area (Å²) in [5.74, 6) is 0. The Morgan fingerprint density at radius 2 is 1.05 bits per heavy atom. The number of fused-ring (bicyclic) bond motifs is 1. The van der Waals surface area contributed by atoms with E-state index in [1.807, 2.05) is 38.1 Å². The molecule has 0 amide bonds. The molecule has 5 nitrogen and oxygen atoms in total. The monoisotopic (exact) mass is 328 g/mol. The van der Waals surface area contributed by atoms with Gasteiger partial charge in [0.25, 0.3) is 0 Å². The normalized spacial score (nSPS) is 23.5. The van der Waals surface area contributed by atoms with Crippen molar-refractivity contribution < 1.29 is 41.5 Å². The van der Waals surface area contributed by atoms with E-state index in [-0.39, 0.29) is 17.4 Å². The molecule has 6 heteroatoms. The van der Waals surface area contributed by atoms with E-state index in [2.05, 4.69) is 20.0 Å². The summed E-state index contributed by atoms with van der Waals surface area (Å²) in [6, 6.07) is 7.58. The summed E-state index contributed by atoms with van der Waals surface area (Å²) in [5, 5.41) is 20.7. The molecule has 0 saturated carbocycles. The minimum Gasteiger partial charge on any atom is 6.00 e. The Hall–Kier alpha value is -1.11. The minimum atomic E-state index is -1.04. The molecule has 2 N–H and O–H groups in total. The summed E-state index contributed by atoms with van der Waals surface area (Å²) in [6.45, 7) is 17.3. The minimum absolute atomic E-state index is 0. The predicted molar refractivity (Wildman–Crippen MR) is 66.6 cm³/mol. The van der Waals surface area contributed by atoms with Gasteiger partial charge in [-0.1, -0.05) is 38.1 Å². The third kappa shape index (κ3) is 3.96. The van der Waals surface area contributed by atoms with Gasteiger partial charge in [0.2, 0.25) is 0 Å². The standard InChI is InChI=1S/C12H16O2.3CO.Cr/c1-3-11(13)9-7-5-6-8-10(9)12(11,14)4-2;3*1-2;/h5-8,13-14H,3-4H2,1-2H3;;;;/q;;;;+6. The zero-order valence-electron chi connectivity index (χ0n) is 11.8. The molecule has 0 spiro atoms. The Kier molecular flexibility index (Phi) is 13.7. The van der Waals surface area contributed by atoms with Crippen LogP contribution in [0.25, 0.3) is 0 Å². The van der Waals surface area contributed by atoms with Crippen LogP contribution in [0, 0.1) is 20.0 Å². The van der Waals surface area contributed by atoms with Crippen LogP contribution < -0.4 is 0 Å². The summed E-state index contributed by atoms with van der Waals surface area (Å²) in [4.78, 5) is 0. The smallest absolute Gasteiger partial charge is 6.00 e. The number of hydrogen-bond acceptors (Lipinski definition) is 2. The molecule has 106 valence electrons. The number of hydrogen-bond donors (Lipinski definition) is 2. The van der Waals surface area contributed by atoms with E-state index in [4.69, 9.17) is 14.0 Å². The molecule has 0 radical (unpaired) electrons. The van der Waals surface area contributed by atoms with E-state index in [1.165, 1.54) is 0 Å². The number of benzene rings is 1. The molecule has 1 aliphatic carbocycles. The predicted octanol–water partition coefficient (Wildman–Crippen LogP) is 1.78. The Morgan fingerprint density at radius 1 is 0.810 bits per heavy atom. The molecule has 0 aromatic heterocycles. The molecule has 2 atom stereocenters. The van der Waals surface area contributed by atoms with Gasteiger partial charge >= 0.3 is 51.3 Å². The van der Waals surface area contributed by atoms with Crippen LogP contribution in [0.2, 0.25) is 0 Å². The second kappa shape index (κ2) is 11.5. The summed E-state index contributed by atoms with van der Waals surface area (Å²) in [6.07, 6.45) is 1.10. The summed E-state index contributed by atoms with van der Waals surface area (Å²) in [7, 11) is 0. The van der Waals surface area contributed by atoms with Gasteiger partial charge in [-0.05, 0) is 24.0 Å². The first-order chi connectivity index (χ1) is 9.60. The van der Waals surface area contributed by atoms with Gasteiger partial charge in [0.15, 0.2) is 0 Å². The van der Waals surface area contributed by atoms with Gasteiger partial charge in [-0.15, -0.1) is 0 Å². The molecule has 2 rings (SSSR count). The molecular weight excluding hydrogens is 312 g/mol. The Morgan fingerprint density at radius 3 is 1.24 bits per heavy atom. The van der Waals surface area contributed by atoms with Crippen molar-refractivity contribution in [3.8, 4) is 0 Å². The average Bonchev–Trinajstić information content (AvgIpc) is 2.58. The maximum absolute atomic E-state index is 10.3. The average molecular weight is 328 g/mol. The van der Waals surface area contributed by atoms with Crippen molar-refractivity contribution in [3.63, 3.8) is 0 Å². The maximum atomic E-state index is 10.3. The van der Waals surface area contributed by atoms with Crippen LogP contribution in [-0.4, -0.2) is 10.2 Å². The molecule has 0 heterocycles. The topological polar surface area (TPSA) is 100 Å². The van der Waals surface area contributed by atoms with Crippen LogP contribution >= 0.6 is 0 Å². The van der Waals surface area contributed by atoms with Gasteiger partial charge in [-0.25, -0.2) is 0 Å². The van der Waals surface area contributed by atoms with Crippen LogP contribution in [0.4, 0.5) is 0 Å². The van der Waals surface area contributed by atoms with Gasteiger partial charge in [-0.3, -0.25) is 0 Å². The van der Waals surface area contributed by atoms with Crippen LogP contribution in [-0.2, 0) is 42.5 Å². The largest absolute Gasteiger partial charge is 6.00 e. The van der Waals surface area contributed by atoms with Crippen molar-refractivity contribution in [2.24, 2.45) is 0 Å². The quantitative estimate of drug-likeness (QED) is 0.639. The fraction of sp³-hybridized carbons (Fsp3) is 0.400. The maximum Gasteiger partial charge on any atom is 6.00 e. The third-order valence-corrected chi connectivity index (χ3v) is 3.53. The van der Waals surface area contributed by atoms with Crippen molar-refractivity contribution in [2.75, 3.05) is 0 Å². The van der Waals surface area contributed by atoms with E-state index >= 15 is 0 Å². The third-order valence-electron chi connectivity index (χ3n) is 3.53. The molecular formula is C15H16CrO5+6. The number of rotatable bonds is 2. The van der Waals surface area contributed by atoms with Crippen LogP contribution in [0.1, 0.15) is 37.8 Å². The molecule has 1 aromatic rings. The fourth-order valence-corrected chi connectivity index (χ4v) is 2.55. The molecule has 0 aliphatic heterocycles. The summed E-state index contributed by atoms with van der Waals surface area (Å²) < 4.78 is 22.5. The summed E-state index contributed by atoms with van der Waals surface area (Å²) in [5.41, 5.74) is -0.324. The molecule has 0 saturated heterocycles. The molecule has 2 unspecified atom stereocenters. The van der Waals surface area contributed by atoms with Gasteiger partial charge in [-0.2, -0.15) is 0 Å². The molecule has 0 bridgehead atoms. The van der Waals surface area contributed by atoms with Gasteiger partial charge in [0.05, 0.1) is 0 Å².